The maximum Gasteiger partial charge on any atom is 0.159 e. The second-order valence-corrected chi connectivity index (χ2v) is 5.55. The van der Waals surface area contributed by atoms with E-state index in [0.29, 0.717) is 12.1 Å². The number of aromatic nitrogens is 1. The van der Waals surface area contributed by atoms with Gasteiger partial charge < -0.3 is 5.32 Å². The fourth-order valence-electron chi connectivity index (χ4n) is 2.12. The molecule has 0 aliphatic heterocycles. The summed E-state index contributed by atoms with van der Waals surface area (Å²) in [6.07, 6.45) is 1.73. The SMILES string of the molecule is Fc1ccc(CNc2cccc3cc(Br)cnc23)cc1F. The van der Waals surface area contributed by atoms with Crippen molar-refractivity contribution in [3.63, 3.8) is 0 Å². The zero-order valence-corrected chi connectivity index (χ0v) is 12.5. The quantitative estimate of drug-likeness (QED) is 0.728. The Balaban J connectivity index is 1.86. The summed E-state index contributed by atoms with van der Waals surface area (Å²) in [5, 5.41) is 4.20. The van der Waals surface area contributed by atoms with Crippen LogP contribution in [-0.2, 0) is 6.54 Å². The number of para-hydroxylation sites is 1. The van der Waals surface area contributed by atoms with Gasteiger partial charge in [-0.15, -0.1) is 0 Å². The summed E-state index contributed by atoms with van der Waals surface area (Å²) in [5.74, 6) is -1.68. The average molecular weight is 349 g/mol. The molecule has 21 heavy (non-hydrogen) atoms. The van der Waals surface area contributed by atoms with Gasteiger partial charge in [0.05, 0.1) is 11.2 Å². The van der Waals surface area contributed by atoms with E-state index < -0.39 is 11.6 Å². The highest BCUT2D eigenvalue weighted by atomic mass is 79.9. The van der Waals surface area contributed by atoms with E-state index in [1.165, 1.54) is 6.07 Å². The third kappa shape index (κ3) is 3.03. The van der Waals surface area contributed by atoms with E-state index in [0.717, 1.165) is 27.1 Å². The summed E-state index contributed by atoms with van der Waals surface area (Å²) in [6, 6.07) is 11.6. The molecule has 0 radical (unpaired) electrons. The third-order valence-electron chi connectivity index (χ3n) is 3.14. The number of benzene rings is 2. The van der Waals surface area contributed by atoms with Gasteiger partial charge in [-0.25, -0.2) is 8.78 Å². The van der Waals surface area contributed by atoms with Crippen molar-refractivity contribution < 1.29 is 8.78 Å². The van der Waals surface area contributed by atoms with Crippen molar-refractivity contribution in [2.24, 2.45) is 0 Å². The fourth-order valence-corrected chi connectivity index (χ4v) is 2.47. The van der Waals surface area contributed by atoms with Gasteiger partial charge in [0.25, 0.3) is 0 Å². The summed E-state index contributed by atoms with van der Waals surface area (Å²) in [4.78, 5) is 4.38. The lowest BCUT2D eigenvalue weighted by Crippen LogP contribution is -2.01. The molecule has 1 N–H and O–H groups in total. The van der Waals surface area contributed by atoms with Crippen LogP contribution in [0.3, 0.4) is 0 Å². The summed E-state index contributed by atoms with van der Waals surface area (Å²) in [6.45, 7) is 0.397. The minimum atomic E-state index is -0.839. The first-order chi connectivity index (χ1) is 10.1. The molecule has 1 heterocycles. The molecule has 0 spiro atoms. The van der Waals surface area contributed by atoms with Gasteiger partial charge in [-0.2, -0.15) is 0 Å². The van der Waals surface area contributed by atoms with E-state index in [1.807, 2.05) is 24.3 Å². The lowest BCUT2D eigenvalue weighted by molar-refractivity contribution is 0.507. The van der Waals surface area contributed by atoms with Crippen molar-refractivity contribution in [2.45, 2.75) is 6.54 Å². The summed E-state index contributed by atoms with van der Waals surface area (Å²) >= 11 is 3.39. The van der Waals surface area contributed by atoms with E-state index in [2.05, 4.69) is 26.2 Å². The zero-order valence-electron chi connectivity index (χ0n) is 10.9. The number of anilines is 1. The first-order valence-electron chi connectivity index (χ1n) is 6.35. The maximum absolute atomic E-state index is 13.2. The average Bonchev–Trinajstić information content (AvgIpc) is 2.48. The summed E-state index contributed by atoms with van der Waals surface area (Å²) < 4.78 is 27.0. The van der Waals surface area contributed by atoms with Crippen LogP contribution < -0.4 is 5.32 Å². The second-order valence-electron chi connectivity index (χ2n) is 4.63. The van der Waals surface area contributed by atoms with E-state index in [4.69, 9.17) is 0 Å². The Bertz CT molecular complexity index is 805. The number of fused-ring (bicyclic) bond motifs is 1. The molecule has 0 aliphatic carbocycles. The topological polar surface area (TPSA) is 24.9 Å². The largest absolute Gasteiger partial charge is 0.379 e. The molecule has 2 nitrogen and oxygen atoms in total. The Hall–Kier alpha value is -2.01. The molecule has 3 rings (SSSR count). The molecule has 0 saturated carbocycles. The van der Waals surface area contributed by atoms with Gasteiger partial charge in [0.1, 0.15) is 0 Å². The smallest absolute Gasteiger partial charge is 0.159 e. The molecule has 0 atom stereocenters. The highest BCUT2D eigenvalue weighted by molar-refractivity contribution is 9.10. The normalized spacial score (nSPS) is 10.8. The highest BCUT2D eigenvalue weighted by Gasteiger charge is 2.05. The van der Waals surface area contributed by atoms with Crippen LogP contribution in [0.1, 0.15) is 5.56 Å². The van der Waals surface area contributed by atoms with Gasteiger partial charge in [0, 0.05) is 22.6 Å². The fraction of sp³-hybridized carbons (Fsp3) is 0.0625. The van der Waals surface area contributed by atoms with E-state index >= 15 is 0 Å². The van der Waals surface area contributed by atoms with E-state index in [1.54, 1.807) is 12.3 Å². The third-order valence-corrected chi connectivity index (χ3v) is 3.58. The number of halogens is 3. The van der Waals surface area contributed by atoms with Gasteiger partial charge in [0.2, 0.25) is 0 Å². The van der Waals surface area contributed by atoms with Crippen LogP contribution in [0.25, 0.3) is 10.9 Å². The number of hydrogen-bond donors (Lipinski definition) is 1. The monoisotopic (exact) mass is 348 g/mol. The van der Waals surface area contributed by atoms with Crippen LogP contribution in [0, 0.1) is 11.6 Å². The Morgan fingerprint density at radius 1 is 1.05 bits per heavy atom. The maximum atomic E-state index is 13.2. The Morgan fingerprint density at radius 3 is 2.71 bits per heavy atom. The molecule has 0 amide bonds. The van der Waals surface area contributed by atoms with Crippen molar-refractivity contribution >= 4 is 32.5 Å². The minimum Gasteiger partial charge on any atom is -0.379 e. The van der Waals surface area contributed by atoms with Gasteiger partial charge in [-0.05, 0) is 45.8 Å². The van der Waals surface area contributed by atoms with Gasteiger partial charge in [-0.3, -0.25) is 4.98 Å². The molecule has 0 aliphatic rings. The molecular formula is C16H11BrF2N2. The van der Waals surface area contributed by atoms with Crippen molar-refractivity contribution in [3.05, 3.63) is 70.3 Å². The van der Waals surface area contributed by atoms with Gasteiger partial charge in [-0.1, -0.05) is 18.2 Å². The molecule has 2 aromatic carbocycles. The first-order valence-corrected chi connectivity index (χ1v) is 7.15. The molecule has 106 valence electrons. The number of nitrogens with one attached hydrogen (secondary N) is 1. The van der Waals surface area contributed by atoms with Crippen molar-refractivity contribution in [3.8, 4) is 0 Å². The Kier molecular flexibility index (Phi) is 3.84. The van der Waals surface area contributed by atoms with Crippen molar-refractivity contribution in [1.29, 1.82) is 0 Å². The van der Waals surface area contributed by atoms with Crippen LogP contribution in [0.5, 0.6) is 0 Å². The molecule has 0 fully saturated rings. The standard InChI is InChI=1S/C16H11BrF2N2/c17-12-7-11-2-1-3-15(16(11)21-9-12)20-8-10-4-5-13(18)14(19)6-10/h1-7,9,20H,8H2. The number of pyridine rings is 1. The van der Waals surface area contributed by atoms with E-state index in [-0.39, 0.29) is 0 Å². The van der Waals surface area contributed by atoms with E-state index in [9.17, 15) is 8.78 Å². The summed E-state index contributed by atoms with van der Waals surface area (Å²) in [5.41, 5.74) is 2.36. The van der Waals surface area contributed by atoms with Crippen LogP contribution >= 0.6 is 15.9 Å². The van der Waals surface area contributed by atoms with Gasteiger partial charge >= 0.3 is 0 Å². The van der Waals surface area contributed by atoms with Crippen molar-refractivity contribution in [2.75, 3.05) is 5.32 Å². The Labute approximate surface area is 129 Å². The number of hydrogen-bond acceptors (Lipinski definition) is 2. The minimum absolute atomic E-state index is 0.397. The lowest BCUT2D eigenvalue weighted by atomic mass is 10.1. The van der Waals surface area contributed by atoms with Crippen LogP contribution in [-0.4, -0.2) is 4.98 Å². The zero-order chi connectivity index (χ0) is 14.8. The summed E-state index contributed by atoms with van der Waals surface area (Å²) in [7, 11) is 0. The number of rotatable bonds is 3. The molecule has 3 aromatic rings. The first kappa shape index (κ1) is 13.9. The molecule has 5 heteroatoms. The predicted molar refractivity (Wildman–Crippen MR) is 83.1 cm³/mol. The molecule has 0 saturated heterocycles. The predicted octanol–water partition coefficient (Wildman–Crippen LogP) is 4.89. The molecular weight excluding hydrogens is 338 g/mol. The van der Waals surface area contributed by atoms with Crippen LogP contribution in [0.15, 0.2) is 53.1 Å². The van der Waals surface area contributed by atoms with Crippen LogP contribution in [0.4, 0.5) is 14.5 Å². The molecule has 0 unspecified atom stereocenters. The van der Waals surface area contributed by atoms with Crippen LogP contribution in [0.2, 0.25) is 0 Å². The molecule has 1 aromatic heterocycles. The van der Waals surface area contributed by atoms with Gasteiger partial charge in [0.15, 0.2) is 11.6 Å². The highest BCUT2D eigenvalue weighted by Crippen LogP contribution is 2.24. The Morgan fingerprint density at radius 2 is 1.90 bits per heavy atom. The van der Waals surface area contributed by atoms with Crippen molar-refractivity contribution in [1.82, 2.24) is 4.98 Å². The lowest BCUT2D eigenvalue weighted by Gasteiger charge is -2.09. The molecule has 0 bridgehead atoms. The number of nitrogens with zero attached hydrogens (tertiary/aromatic N) is 1. The second kappa shape index (κ2) is 5.77.